The van der Waals surface area contributed by atoms with E-state index < -0.39 is 0 Å². The second-order valence-electron chi connectivity index (χ2n) is 5.36. The highest BCUT2D eigenvalue weighted by molar-refractivity contribution is 5.49. The molecule has 0 unspecified atom stereocenters. The molecule has 3 rings (SSSR count). The molecule has 2 atom stereocenters. The largest absolute Gasteiger partial charge is 0.198 e. The molecule has 2 aromatic carbocycles. The molecule has 19 heavy (non-hydrogen) atoms. The zero-order valence-corrected chi connectivity index (χ0v) is 11.1. The SMILES string of the molecule is C[C@@H]1[C@H](CC#N)C1(c1ccccc1)c1ccccc1. The molecule has 1 aliphatic carbocycles. The van der Waals surface area contributed by atoms with Gasteiger partial charge in [0.2, 0.25) is 0 Å². The minimum Gasteiger partial charge on any atom is -0.198 e. The van der Waals surface area contributed by atoms with E-state index in [0.717, 1.165) is 0 Å². The van der Waals surface area contributed by atoms with Gasteiger partial charge in [-0.05, 0) is 23.0 Å². The Hall–Kier alpha value is -2.07. The predicted octanol–water partition coefficient (Wildman–Crippen LogP) is 4.15. The summed E-state index contributed by atoms with van der Waals surface area (Å²) in [6.45, 7) is 2.27. The quantitative estimate of drug-likeness (QED) is 0.799. The lowest BCUT2D eigenvalue weighted by atomic mass is 9.84. The van der Waals surface area contributed by atoms with Crippen molar-refractivity contribution in [3.05, 3.63) is 71.8 Å². The average molecular weight is 247 g/mol. The Kier molecular flexibility index (Phi) is 2.87. The Bertz CT molecular complexity index is 555. The Morgan fingerprint density at radius 1 is 0.947 bits per heavy atom. The van der Waals surface area contributed by atoms with Crippen molar-refractivity contribution < 1.29 is 0 Å². The van der Waals surface area contributed by atoms with Crippen LogP contribution in [0.5, 0.6) is 0 Å². The van der Waals surface area contributed by atoms with Gasteiger partial charge in [0.1, 0.15) is 0 Å². The number of nitrogens with zero attached hydrogens (tertiary/aromatic N) is 1. The number of rotatable bonds is 3. The third kappa shape index (κ3) is 1.68. The fourth-order valence-electron chi connectivity index (χ4n) is 3.63. The molecule has 1 fully saturated rings. The van der Waals surface area contributed by atoms with Gasteiger partial charge in [0, 0.05) is 11.8 Å². The minimum absolute atomic E-state index is 0.0399. The maximum Gasteiger partial charge on any atom is 0.0625 e. The van der Waals surface area contributed by atoms with Crippen molar-refractivity contribution in [1.82, 2.24) is 0 Å². The molecule has 1 nitrogen and oxygen atoms in total. The van der Waals surface area contributed by atoms with Crippen LogP contribution in [-0.2, 0) is 5.41 Å². The molecule has 0 saturated heterocycles. The van der Waals surface area contributed by atoms with E-state index in [9.17, 15) is 0 Å². The summed E-state index contributed by atoms with van der Waals surface area (Å²) in [4.78, 5) is 0. The van der Waals surface area contributed by atoms with Crippen LogP contribution in [0.4, 0.5) is 0 Å². The van der Waals surface area contributed by atoms with Gasteiger partial charge in [-0.1, -0.05) is 67.6 Å². The Labute approximate surface area is 114 Å². The topological polar surface area (TPSA) is 23.8 Å². The van der Waals surface area contributed by atoms with Crippen LogP contribution >= 0.6 is 0 Å². The van der Waals surface area contributed by atoms with Crippen LogP contribution in [-0.4, -0.2) is 0 Å². The fraction of sp³-hybridized carbons (Fsp3) is 0.278. The number of nitriles is 1. The summed E-state index contributed by atoms with van der Waals surface area (Å²) in [5, 5.41) is 9.07. The first kappa shape index (κ1) is 12.0. The van der Waals surface area contributed by atoms with E-state index >= 15 is 0 Å². The van der Waals surface area contributed by atoms with E-state index in [0.29, 0.717) is 18.3 Å². The summed E-state index contributed by atoms with van der Waals surface area (Å²) in [7, 11) is 0. The van der Waals surface area contributed by atoms with Crippen LogP contribution in [0.3, 0.4) is 0 Å². The number of hydrogen-bond donors (Lipinski definition) is 0. The lowest BCUT2D eigenvalue weighted by Gasteiger charge is -2.19. The lowest BCUT2D eigenvalue weighted by Crippen LogP contribution is -2.13. The van der Waals surface area contributed by atoms with Crippen LogP contribution in [0.15, 0.2) is 60.7 Å². The highest BCUT2D eigenvalue weighted by Crippen LogP contribution is 2.64. The summed E-state index contributed by atoms with van der Waals surface area (Å²) in [6.07, 6.45) is 0.630. The molecule has 0 aliphatic heterocycles. The Balaban J connectivity index is 2.12. The number of hydrogen-bond acceptors (Lipinski definition) is 1. The van der Waals surface area contributed by atoms with E-state index in [1.807, 2.05) is 0 Å². The minimum atomic E-state index is 0.0399. The van der Waals surface area contributed by atoms with E-state index in [-0.39, 0.29) is 5.41 Å². The Morgan fingerprint density at radius 2 is 1.42 bits per heavy atom. The molecule has 0 radical (unpaired) electrons. The van der Waals surface area contributed by atoms with Gasteiger partial charge in [-0.25, -0.2) is 0 Å². The van der Waals surface area contributed by atoms with E-state index in [1.165, 1.54) is 11.1 Å². The van der Waals surface area contributed by atoms with Gasteiger partial charge in [-0.2, -0.15) is 5.26 Å². The van der Waals surface area contributed by atoms with Gasteiger partial charge in [-0.3, -0.25) is 0 Å². The summed E-state index contributed by atoms with van der Waals surface area (Å²) in [5.41, 5.74) is 2.72. The second-order valence-corrected chi connectivity index (χ2v) is 5.36. The summed E-state index contributed by atoms with van der Waals surface area (Å²) in [5.74, 6) is 0.958. The zero-order chi connectivity index (χ0) is 13.3. The molecule has 0 N–H and O–H groups in total. The number of benzene rings is 2. The van der Waals surface area contributed by atoms with Crippen molar-refractivity contribution in [1.29, 1.82) is 5.26 Å². The fourth-order valence-corrected chi connectivity index (χ4v) is 3.63. The van der Waals surface area contributed by atoms with Gasteiger partial charge in [0.05, 0.1) is 6.07 Å². The van der Waals surface area contributed by atoms with Crippen molar-refractivity contribution in [3.63, 3.8) is 0 Å². The molecule has 0 amide bonds. The maximum atomic E-state index is 9.07. The van der Waals surface area contributed by atoms with Crippen LogP contribution in [0.25, 0.3) is 0 Å². The molecule has 1 aliphatic rings. The van der Waals surface area contributed by atoms with Gasteiger partial charge in [0.15, 0.2) is 0 Å². The summed E-state index contributed by atoms with van der Waals surface area (Å²) >= 11 is 0. The molecule has 0 heterocycles. The smallest absolute Gasteiger partial charge is 0.0625 e. The van der Waals surface area contributed by atoms with Gasteiger partial charge < -0.3 is 0 Å². The second kappa shape index (κ2) is 4.55. The van der Waals surface area contributed by atoms with Crippen molar-refractivity contribution in [3.8, 4) is 6.07 Å². The van der Waals surface area contributed by atoms with Crippen LogP contribution in [0, 0.1) is 23.2 Å². The molecule has 1 heteroatoms. The van der Waals surface area contributed by atoms with Gasteiger partial charge >= 0.3 is 0 Å². The molecule has 0 bridgehead atoms. The van der Waals surface area contributed by atoms with Crippen LogP contribution < -0.4 is 0 Å². The maximum absolute atomic E-state index is 9.07. The van der Waals surface area contributed by atoms with E-state index in [2.05, 4.69) is 73.7 Å². The summed E-state index contributed by atoms with van der Waals surface area (Å²) < 4.78 is 0. The van der Waals surface area contributed by atoms with Gasteiger partial charge in [0.25, 0.3) is 0 Å². The molecular formula is C18H17N. The average Bonchev–Trinajstić information content (AvgIpc) is 3.07. The zero-order valence-electron chi connectivity index (χ0n) is 11.1. The van der Waals surface area contributed by atoms with Crippen molar-refractivity contribution >= 4 is 0 Å². The van der Waals surface area contributed by atoms with Crippen LogP contribution in [0.2, 0.25) is 0 Å². The first-order valence-corrected chi connectivity index (χ1v) is 6.79. The Morgan fingerprint density at radius 3 is 1.84 bits per heavy atom. The molecule has 0 aromatic heterocycles. The lowest BCUT2D eigenvalue weighted by molar-refractivity contribution is 0.708. The highest BCUT2D eigenvalue weighted by atomic mass is 14.6. The normalized spacial score (nSPS) is 23.6. The van der Waals surface area contributed by atoms with E-state index in [4.69, 9.17) is 5.26 Å². The van der Waals surface area contributed by atoms with E-state index in [1.54, 1.807) is 0 Å². The third-order valence-corrected chi connectivity index (χ3v) is 4.61. The van der Waals surface area contributed by atoms with Crippen molar-refractivity contribution in [2.45, 2.75) is 18.8 Å². The van der Waals surface area contributed by atoms with Crippen molar-refractivity contribution in [2.24, 2.45) is 11.8 Å². The first-order chi connectivity index (χ1) is 9.31. The summed E-state index contributed by atoms with van der Waals surface area (Å²) in [6, 6.07) is 23.6. The standard InChI is InChI=1S/C18H17N/c1-14-17(12-13-19)18(14,15-8-4-2-5-9-15)16-10-6-3-7-11-16/h2-11,14,17H,12H2,1H3/t14-,17+/m1/s1. The van der Waals surface area contributed by atoms with Crippen molar-refractivity contribution in [2.75, 3.05) is 0 Å². The molecular weight excluding hydrogens is 230 g/mol. The molecule has 94 valence electrons. The third-order valence-electron chi connectivity index (χ3n) is 4.61. The first-order valence-electron chi connectivity index (χ1n) is 6.79. The van der Waals surface area contributed by atoms with Gasteiger partial charge in [-0.15, -0.1) is 0 Å². The van der Waals surface area contributed by atoms with Crippen LogP contribution in [0.1, 0.15) is 24.5 Å². The molecule has 0 spiro atoms. The predicted molar refractivity (Wildman–Crippen MR) is 76.5 cm³/mol. The highest BCUT2D eigenvalue weighted by Gasteiger charge is 2.63. The monoisotopic (exact) mass is 247 g/mol. The molecule has 2 aromatic rings. The molecule has 1 saturated carbocycles.